The molecule has 5 nitrogen and oxygen atoms in total. The fourth-order valence-electron chi connectivity index (χ4n) is 2.84. The minimum atomic E-state index is -0.424. The van der Waals surface area contributed by atoms with Crippen LogP contribution in [0, 0.1) is 5.82 Å². The third kappa shape index (κ3) is 5.74. The van der Waals surface area contributed by atoms with E-state index in [1.165, 1.54) is 6.07 Å². The summed E-state index contributed by atoms with van der Waals surface area (Å²) in [5.41, 5.74) is 0.682. The lowest BCUT2D eigenvalue weighted by Gasteiger charge is -2.14. The fourth-order valence-corrected chi connectivity index (χ4v) is 3.00. The fraction of sp³-hybridized carbons (Fsp3) is 0.318. The zero-order valence-electron chi connectivity index (χ0n) is 16.4. The summed E-state index contributed by atoms with van der Waals surface area (Å²) in [4.78, 5) is 4.39. The number of halogens is 1. The molecule has 1 heterocycles. The topological polar surface area (TPSA) is 52.6 Å². The molecule has 0 unspecified atom stereocenters. The van der Waals surface area contributed by atoms with Gasteiger partial charge in [0.2, 0.25) is 0 Å². The highest BCUT2D eigenvalue weighted by Crippen LogP contribution is 2.37. The Balaban J connectivity index is 1.74. The van der Waals surface area contributed by atoms with E-state index in [2.05, 4.69) is 22.9 Å². The van der Waals surface area contributed by atoms with Gasteiger partial charge in [-0.3, -0.25) is 4.98 Å². The summed E-state index contributed by atoms with van der Waals surface area (Å²) in [6.45, 7) is 2.39. The maximum absolute atomic E-state index is 14.0. The minimum Gasteiger partial charge on any atom is -0.493 e. The average Bonchev–Trinajstić information content (AvgIpc) is 2.74. The summed E-state index contributed by atoms with van der Waals surface area (Å²) in [6, 6.07) is 11.6. The monoisotopic (exact) mass is 416 g/mol. The molecule has 0 saturated heterocycles. The van der Waals surface area contributed by atoms with Crippen LogP contribution in [0.1, 0.15) is 12.8 Å². The van der Waals surface area contributed by atoms with Gasteiger partial charge < -0.3 is 19.5 Å². The van der Waals surface area contributed by atoms with Crippen molar-refractivity contribution in [2.45, 2.75) is 12.8 Å². The highest BCUT2D eigenvalue weighted by molar-refractivity contribution is 7.80. The number of methoxy groups -OCH3 is 1. The second kappa shape index (κ2) is 10.9. The zero-order chi connectivity index (χ0) is 20.5. The standard InChI is InChI=1S/C22H25FN2O3S/c1-26-21-14-16-18(15-22(21)27-12-4-9-24-10-5-13-29)25-11-8-19(16)28-20-7-3-2-6-17(20)23/h2-3,6-8,11,14-15,24,29H,4-5,9-10,12-13H2,1H3. The van der Waals surface area contributed by atoms with E-state index in [9.17, 15) is 4.39 Å². The molecule has 1 aromatic heterocycles. The Morgan fingerprint density at radius 2 is 1.83 bits per heavy atom. The molecule has 0 atom stereocenters. The van der Waals surface area contributed by atoms with Crippen molar-refractivity contribution in [3.8, 4) is 23.0 Å². The van der Waals surface area contributed by atoms with Gasteiger partial charge in [-0.25, -0.2) is 4.39 Å². The van der Waals surface area contributed by atoms with E-state index in [0.717, 1.165) is 31.7 Å². The number of thiol groups is 1. The smallest absolute Gasteiger partial charge is 0.165 e. The molecule has 0 saturated carbocycles. The normalized spacial score (nSPS) is 10.9. The summed E-state index contributed by atoms with van der Waals surface area (Å²) in [6.07, 6.45) is 3.54. The predicted molar refractivity (Wildman–Crippen MR) is 116 cm³/mol. The Kier molecular flexibility index (Phi) is 7.95. The van der Waals surface area contributed by atoms with Crippen LogP contribution >= 0.6 is 12.6 Å². The van der Waals surface area contributed by atoms with E-state index < -0.39 is 5.82 Å². The molecule has 0 aliphatic heterocycles. The van der Waals surface area contributed by atoms with Crippen molar-refractivity contribution in [1.29, 1.82) is 0 Å². The van der Waals surface area contributed by atoms with Crippen molar-refractivity contribution in [2.24, 2.45) is 0 Å². The number of ether oxygens (including phenoxy) is 3. The molecule has 0 radical (unpaired) electrons. The number of hydrogen-bond donors (Lipinski definition) is 2. The number of aromatic nitrogens is 1. The molecule has 3 aromatic rings. The first-order chi connectivity index (χ1) is 14.2. The van der Waals surface area contributed by atoms with Gasteiger partial charge in [0.1, 0.15) is 5.75 Å². The van der Waals surface area contributed by atoms with Crippen molar-refractivity contribution in [3.63, 3.8) is 0 Å². The number of pyridine rings is 1. The van der Waals surface area contributed by atoms with Gasteiger partial charge in [-0.1, -0.05) is 12.1 Å². The molecule has 29 heavy (non-hydrogen) atoms. The number of fused-ring (bicyclic) bond motifs is 1. The van der Waals surface area contributed by atoms with Crippen LogP contribution in [0.3, 0.4) is 0 Å². The molecule has 0 aliphatic rings. The Morgan fingerprint density at radius 3 is 2.62 bits per heavy atom. The first kappa shape index (κ1) is 21.2. The SMILES string of the molecule is COc1cc2c(Oc3ccccc3F)ccnc2cc1OCCCNCCCS. The van der Waals surface area contributed by atoms with Crippen LogP contribution in [-0.4, -0.2) is 37.5 Å². The zero-order valence-corrected chi connectivity index (χ0v) is 17.3. The number of benzene rings is 2. The molecular weight excluding hydrogens is 391 g/mol. The van der Waals surface area contributed by atoms with E-state index in [1.54, 1.807) is 43.6 Å². The first-order valence-electron chi connectivity index (χ1n) is 9.56. The third-order valence-corrected chi connectivity index (χ3v) is 4.63. The van der Waals surface area contributed by atoms with E-state index in [0.29, 0.717) is 34.8 Å². The molecule has 0 bridgehead atoms. The second-order valence-corrected chi connectivity index (χ2v) is 6.84. The van der Waals surface area contributed by atoms with Gasteiger partial charge in [-0.15, -0.1) is 0 Å². The van der Waals surface area contributed by atoms with Gasteiger partial charge in [-0.2, -0.15) is 12.6 Å². The number of rotatable bonds is 11. The lowest BCUT2D eigenvalue weighted by atomic mass is 10.1. The quantitative estimate of drug-likeness (QED) is 0.346. The lowest BCUT2D eigenvalue weighted by Crippen LogP contribution is -2.19. The number of hydrogen-bond acceptors (Lipinski definition) is 6. The van der Waals surface area contributed by atoms with Gasteiger partial charge in [0.05, 0.1) is 19.2 Å². The Bertz CT molecular complexity index is 939. The van der Waals surface area contributed by atoms with Crippen LogP contribution in [0.15, 0.2) is 48.7 Å². The van der Waals surface area contributed by atoms with Crippen LogP contribution < -0.4 is 19.5 Å². The number of nitrogens with one attached hydrogen (secondary N) is 1. The van der Waals surface area contributed by atoms with Crippen LogP contribution in [0.2, 0.25) is 0 Å². The lowest BCUT2D eigenvalue weighted by molar-refractivity contribution is 0.288. The van der Waals surface area contributed by atoms with Gasteiger partial charge >= 0.3 is 0 Å². The summed E-state index contributed by atoms with van der Waals surface area (Å²) in [5, 5.41) is 4.06. The Labute approximate surface area is 175 Å². The molecule has 0 amide bonds. The third-order valence-electron chi connectivity index (χ3n) is 4.31. The van der Waals surface area contributed by atoms with Gasteiger partial charge in [0.15, 0.2) is 23.1 Å². The molecule has 0 fully saturated rings. The Hall–Kier alpha value is -2.51. The largest absolute Gasteiger partial charge is 0.493 e. The van der Waals surface area contributed by atoms with Crippen LogP contribution in [0.25, 0.3) is 10.9 Å². The summed E-state index contributed by atoms with van der Waals surface area (Å²) in [5.74, 6) is 2.31. The molecule has 3 rings (SSSR count). The van der Waals surface area contributed by atoms with Crippen molar-refractivity contribution >= 4 is 23.5 Å². The van der Waals surface area contributed by atoms with Crippen LogP contribution in [0.4, 0.5) is 4.39 Å². The highest BCUT2D eigenvalue weighted by atomic mass is 32.1. The maximum Gasteiger partial charge on any atom is 0.165 e. The summed E-state index contributed by atoms with van der Waals surface area (Å²) in [7, 11) is 1.58. The predicted octanol–water partition coefficient (Wildman–Crippen LogP) is 4.85. The second-order valence-electron chi connectivity index (χ2n) is 6.39. The molecular formula is C22H25FN2O3S. The van der Waals surface area contributed by atoms with Crippen molar-refractivity contribution in [2.75, 3.05) is 32.6 Å². The van der Waals surface area contributed by atoms with E-state index >= 15 is 0 Å². The molecule has 154 valence electrons. The summed E-state index contributed by atoms with van der Waals surface area (Å²) < 4.78 is 31.1. The average molecular weight is 417 g/mol. The Morgan fingerprint density at radius 1 is 1.00 bits per heavy atom. The van der Waals surface area contributed by atoms with E-state index in [1.807, 2.05) is 6.07 Å². The van der Waals surface area contributed by atoms with Crippen LogP contribution in [-0.2, 0) is 0 Å². The molecule has 0 aliphatic carbocycles. The van der Waals surface area contributed by atoms with Crippen molar-refractivity contribution in [3.05, 3.63) is 54.5 Å². The highest BCUT2D eigenvalue weighted by Gasteiger charge is 2.13. The van der Waals surface area contributed by atoms with Gasteiger partial charge in [0, 0.05) is 17.6 Å². The number of para-hydroxylation sites is 1. The molecule has 2 aromatic carbocycles. The van der Waals surface area contributed by atoms with E-state index in [-0.39, 0.29) is 5.75 Å². The van der Waals surface area contributed by atoms with Crippen molar-refractivity contribution in [1.82, 2.24) is 10.3 Å². The van der Waals surface area contributed by atoms with Crippen molar-refractivity contribution < 1.29 is 18.6 Å². The van der Waals surface area contributed by atoms with Crippen LogP contribution in [0.5, 0.6) is 23.0 Å². The molecule has 0 spiro atoms. The maximum atomic E-state index is 14.0. The molecule has 1 N–H and O–H groups in total. The first-order valence-corrected chi connectivity index (χ1v) is 10.2. The number of nitrogens with zero attached hydrogens (tertiary/aromatic N) is 1. The molecule has 7 heteroatoms. The minimum absolute atomic E-state index is 0.157. The van der Waals surface area contributed by atoms with E-state index in [4.69, 9.17) is 14.2 Å². The summed E-state index contributed by atoms with van der Waals surface area (Å²) >= 11 is 4.19. The van der Waals surface area contributed by atoms with Gasteiger partial charge in [-0.05, 0) is 55.9 Å². The van der Waals surface area contributed by atoms with Gasteiger partial charge in [0.25, 0.3) is 0 Å².